The summed E-state index contributed by atoms with van der Waals surface area (Å²) >= 11 is 0. The molecule has 0 unspecified atom stereocenters. The molecule has 12 N–H and O–H groups in total. The molecule has 0 aliphatic heterocycles. The molecule has 0 amide bonds. The summed E-state index contributed by atoms with van der Waals surface area (Å²) in [5.41, 5.74) is 0. The molecule has 0 rings (SSSR count). The third-order valence-electron chi connectivity index (χ3n) is 0. The molecule has 0 aromatic carbocycles. The first-order valence-electron chi connectivity index (χ1n) is 0.943. The Morgan fingerprint density at radius 3 is 0.615 bits per heavy atom. The van der Waals surface area contributed by atoms with Crippen LogP contribution in [0, 0.1) is 0 Å². The van der Waals surface area contributed by atoms with Crippen molar-refractivity contribution in [2.45, 2.75) is 0 Å². The van der Waals surface area contributed by atoms with E-state index in [0.29, 0.717) is 0 Å². The summed E-state index contributed by atoms with van der Waals surface area (Å²) in [5.74, 6) is 0. The van der Waals surface area contributed by atoms with E-state index >= 15 is 0 Å². The molecule has 11 heteroatoms. The number of hydrogen-bond donors (Lipinski definition) is 0. The smallest absolute Gasteiger partial charge is 0.554 e. The first-order chi connectivity index (χ1) is 2.83. The SMILES string of the molecule is O.O.O.O.O.O.O=C[O-].O=C[O-].[Zn+2]. The summed E-state index contributed by atoms with van der Waals surface area (Å²) in [6, 6.07) is 0. The van der Waals surface area contributed by atoms with Gasteiger partial charge in [0.05, 0.1) is 0 Å². The van der Waals surface area contributed by atoms with Gasteiger partial charge in [-0.25, -0.2) is 0 Å². The van der Waals surface area contributed by atoms with E-state index in [2.05, 4.69) is 0 Å². The molecule has 0 heterocycles. The van der Waals surface area contributed by atoms with Gasteiger partial charge in [-0.1, -0.05) is 0 Å². The van der Waals surface area contributed by atoms with E-state index in [1.807, 2.05) is 0 Å². The van der Waals surface area contributed by atoms with E-state index in [0.717, 1.165) is 0 Å². The van der Waals surface area contributed by atoms with Gasteiger partial charge in [-0.15, -0.1) is 0 Å². The van der Waals surface area contributed by atoms with Crippen molar-refractivity contribution in [3.05, 3.63) is 0 Å². The van der Waals surface area contributed by atoms with Crippen LogP contribution in [0.4, 0.5) is 0 Å². The summed E-state index contributed by atoms with van der Waals surface area (Å²) in [4.78, 5) is 16.5. The van der Waals surface area contributed by atoms with Gasteiger partial charge >= 0.3 is 19.5 Å². The molecule has 0 aromatic rings. The van der Waals surface area contributed by atoms with Crippen molar-refractivity contribution < 1.29 is 72.1 Å². The third kappa shape index (κ3) is 2150. The molecule has 13 heavy (non-hydrogen) atoms. The molecule has 10 nitrogen and oxygen atoms in total. The van der Waals surface area contributed by atoms with Gasteiger partial charge in [-0.2, -0.15) is 0 Å². The van der Waals surface area contributed by atoms with Crippen molar-refractivity contribution in [1.82, 2.24) is 0 Å². The minimum atomic E-state index is -0.500. The average Bonchev–Trinajstić information content (AvgIpc) is 1.39. The number of rotatable bonds is 0. The standard InChI is InChI=1S/2CH2O2.6H2O.Zn/c2*2-1-3;;;;;;;/h2*1H,(H,2,3);6*1H2;/q;;;;;;;;+2/p-2. The molecular formula is C2H14O10Zn. The number of carbonyl (C=O) groups is 2. The Morgan fingerprint density at radius 1 is 0.615 bits per heavy atom. The maximum atomic E-state index is 8.25. The van der Waals surface area contributed by atoms with Crippen molar-refractivity contribution in [3.63, 3.8) is 0 Å². The van der Waals surface area contributed by atoms with Crippen molar-refractivity contribution in [3.8, 4) is 0 Å². The van der Waals surface area contributed by atoms with E-state index in [1.54, 1.807) is 0 Å². The van der Waals surface area contributed by atoms with Crippen LogP contribution < -0.4 is 10.2 Å². The van der Waals surface area contributed by atoms with Gasteiger partial charge in [0.15, 0.2) is 0 Å². The van der Waals surface area contributed by atoms with E-state index in [4.69, 9.17) is 19.8 Å². The van der Waals surface area contributed by atoms with Crippen molar-refractivity contribution in [2.24, 2.45) is 0 Å². The van der Waals surface area contributed by atoms with Crippen LogP contribution in [0.2, 0.25) is 0 Å². The quantitative estimate of drug-likeness (QED) is 0.304. The van der Waals surface area contributed by atoms with Crippen LogP contribution in [-0.2, 0) is 29.1 Å². The van der Waals surface area contributed by atoms with E-state index in [1.165, 1.54) is 0 Å². The fourth-order valence-corrected chi connectivity index (χ4v) is 0. The van der Waals surface area contributed by atoms with Crippen LogP contribution in [-0.4, -0.2) is 45.8 Å². The van der Waals surface area contributed by atoms with E-state index in [9.17, 15) is 0 Å². The Bertz CT molecular complexity index is 33.9. The molecule has 0 bridgehead atoms. The summed E-state index contributed by atoms with van der Waals surface area (Å²) in [6.07, 6.45) is 0. The van der Waals surface area contributed by atoms with Crippen molar-refractivity contribution >= 4 is 12.9 Å². The monoisotopic (exact) mass is 262 g/mol. The maximum Gasteiger partial charge on any atom is 2.00 e. The molecule has 0 atom stereocenters. The summed E-state index contributed by atoms with van der Waals surface area (Å²) in [7, 11) is 0. The average molecular weight is 264 g/mol. The Balaban J connectivity index is -0.00000000229. The van der Waals surface area contributed by atoms with Crippen LogP contribution in [0.1, 0.15) is 0 Å². The number of hydrogen-bond acceptors (Lipinski definition) is 4. The number of carboxylic acid groups (broad SMARTS) is 2. The second-order valence-corrected chi connectivity index (χ2v) is 0.192. The predicted octanol–water partition coefficient (Wildman–Crippen LogP) is -8.22. The Hall–Kier alpha value is -0.677. The third-order valence-corrected chi connectivity index (χ3v) is 0. The zero-order chi connectivity index (χ0) is 5.41. The minimum absolute atomic E-state index is 0. The fourth-order valence-electron chi connectivity index (χ4n) is 0. The normalized spacial score (nSPS) is 1.85. The molecule has 0 radical (unpaired) electrons. The van der Waals surface area contributed by atoms with Gasteiger partial charge < -0.3 is 52.7 Å². The Labute approximate surface area is 85.8 Å². The fraction of sp³-hybridized carbons (Fsp3) is 0. The van der Waals surface area contributed by atoms with Gasteiger partial charge in [0.1, 0.15) is 0 Å². The predicted molar refractivity (Wildman–Crippen MR) is 33.8 cm³/mol. The number of carbonyl (C=O) groups excluding carboxylic acids is 2. The second-order valence-electron chi connectivity index (χ2n) is 0.192. The van der Waals surface area contributed by atoms with Crippen LogP contribution in [0.5, 0.6) is 0 Å². The molecule has 0 aliphatic rings. The topological polar surface area (TPSA) is 269 Å². The van der Waals surface area contributed by atoms with Crippen LogP contribution in [0.3, 0.4) is 0 Å². The maximum absolute atomic E-state index is 8.25. The van der Waals surface area contributed by atoms with E-state index in [-0.39, 0.29) is 52.3 Å². The molecule has 0 saturated carbocycles. The molecular weight excluding hydrogens is 249 g/mol. The summed E-state index contributed by atoms with van der Waals surface area (Å²) in [5, 5.41) is 16.5. The Kier molecular flexibility index (Phi) is 7580. The van der Waals surface area contributed by atoms with Gasteiger partial charge in [0, 0.05) is 12.9 Å². The second kappa shape index (κ2) is 689. The van der Waals surface area contributed by atoms with Gasteiger partial charge in [0.25, 0.3) is 0 Å². The molecule has 0 spiro atoms. The molecule has 0 fully saturated rings. The van der Waals surface area contributed by atoms with Crippen LogP contribution in [0.15, 0.2) is 0 Å². The summed E-state index contributed by atoms with van der Waals surface area (Å²) < 4.78 is 0. The van der Waals surface area contributed by atoms with Gasteiger partial charge in [0.2, 0.25) is 0 Å². The molecule has 84 valence electrons. The zero-order valence-corrected chi connectivity index (χ0v) is 9.46. The van der Waals surface area contributed by atoms with E-state index < -0.39 is 12.9 Å². The molecule has 0 aromatic heterocycles. The molecule has 0 saturated heterocycles. The molecule has 0 aliphatic carbocycles. The minimum Gasteiger partial charge on any atom is -0.554 e. The first kappa shape index (κ1) is 143. The van der Waals surface area contributed by atoms with Crippen LogP contribution in [0.25, 0.3) is 0 Å². The van der Waals surface area contributed by atoms with Gasteiger partial charge in [-0.3, -0.25) is 0 Å². The zero-order valence-electron chi connectivity index (χ0n) is 6.49. The Morgan fingerprint density at radius 2 is 0.615 bits per heavy atom. The van der Waals surface area contributed by atoms with Gasteiger partial charge in [-0.05, 0) is 0 Å². The summed E-state index contributed by atoms with van der Waals surface area (Å²) in [6.45, 7) is -1.00. The van der Waals surface area contributed by atoms with Crippen molar-refractivity contribution in [1.29, 1.82) is 0 Å². The largest absolute Gasteiger partial charge is 2.00 e. The van der Waals surface area contributed by atoms with Crippen molar-refractivity contribution in [2.75, 3.05) is 0 Å². The van der Waals surface area contributed by atoms with Crippen LogP contribution >= 0.6 is 0 Å². The first-order valence-corrected chi connectivity index (χ1v) is 0.943.